The molecular formula is C20H16N4OS. The molecule has 0 aliphatic heterocycles. The molecule has 0 aliphatic rings. The van der Waals surface area contributed by atoms with E-state index >= 15 is 0 Å². The average molecular weight is 360 g/mol. The number of nitrogens with one attached hydrogen (secondary N) is 1. The Morgan fingerprint density at radius 3 is 2.58 bits per heavy atom. The normalized spacial score (nSPS) is 10.8. The summed E-state index contributed by atoms with van der Waals surface area (Å²) in [6, 6.07) is 13.6. The Hall–Kier alpha value is -3.12. The fourth-order valence-electron chi connectivity index (χ4n) is 2.65. The Labute approximate surface area is 154 Å². The summed E-state index contributed by atoms with van der Waals surface area (Å²) < 4.78 is 0. The largest absolute Gasteiger partial charge is 0.298 e. The van der Waals surface area contributed by atoms with Crippen LogP contribution in [0.4, 0.5) is 5.13 Å². The van der Waals surface area contributed by atoms with Gasteiger partial charge in [-0.1, -0.05) is 31.2 Å². The van der Waals surface area contributed by atoms with Crippen LogP contribution in [0.3, 0.4) is 0 Å². The van der Waals surface area contributed by atoms with Crippen LogP contribution in [0, 0.1) is 0 Å². The molecule has 4 rings (SSSR count). The Balaban J connectivity index is 1.53. The van der Waals surface area contributed by atoms with E-state index in [9.17, 15) is 4.79 Å². The Morgan fingerprint density at radius 1 is 1.04 bits per heavy atom. The maximum absolute atomic E-state index is 12.5. The third-order valence-electron chi connectivity index (χ3n) is 4.11. The van der Waals surface area contributed by atoms with E-state index in [1.807, 2.05) is 5.38 Å². The molecule has 4 aromatic rings. The van der Waals surface area contributed by atoms with Gasteiger partial charge in [-0.2, -0.15) is 0 Å². The Bertz CT molecular complexity index is 1070. The number of fused-ring (bicyclic) bond motifs is 1. The van der Waals surface area contributed by atoms with Crippen molar-refractivity contribution in [2.75, 3.05) is 5.32 Å². The molecule has 26 heavy (non-hydrogen) atoms. The molecule has 0 spiro atoms. The zero-order valence-electron chi connectivity index (χ0n) is 14.1. The first-order valence-electron chi connectivity index (χ1n) is 8.30. The van der Waals surface area contributed by atoms with E-state index < -0.39 is 0 Å². The lowest BCUT2D eigenvalue weighted by atomic mass is 10.1. The van der Waals surface area contributed by atoms with Gasteiger partial charge in [-0.3, -0.25) is 20.1 Å². The number of benzene rings is 2. The summed E-state index contributed by atoms with van der Waals surface area (Å²) in [4.78, 5) is 25.5. The van der Waals surface area contributed by atoms with E-state index in [0.29, 0.717) is 16.2 Å². The van der Waals surface area contributed by atoms with E-state index in [2.05, 4.69) is 51.5 Å². The van der Waals surface area contributed by atoms with Gasteiger partial charge in [0.2, 0.25) is 0 Å². The summed E-state index contributed by atoms with van der Waals surface area (Å²) in [5, 5.41) is 5.38. The van der Waals surface area contributed by atoms with E-state index in [-0.39, 0.29) is 5.91 Å². The highest BCUT2D eigenvalue weighted by Crippen LogP contribution is 2.25. The van der Waals surface area contributed by atoms with Gasteiger partial charge < -0.3 is 0 Å². The molecular weight excluding hydrogens is 344 g/mol. The molecule has 6 heteroatoms. The summed E-state index contributed by atoms with van der Waals surface area (Å²) in [7, 11) is 0. The second kappa shape index (κ2) is 7.01. The molecule has 0 unspecified atom stereocenters. The minimum absolute atomic E-state index is 0.209. The maximum atomic E-state index is 12.5. The van der Waals surface area contributed by atoms with Crippen molar-refractivity contribution in [2.24, 2.45) is 0 Å². The lowest BCUT2D eigenvalue weighted by Crippen LogP contribution is -2.11. The molecule has 2 aromatic carbocycles. The van der Waals surface area contributed by atoms with Gasteiger partial charge in [-0.15, -0.1) is 11.3 Å². The van der Waals surface area contributed by atoms with Gasteiger partial charge in [0, 0.05) is 28.9 Å². The average Bonchev–Trinajstić information content (AvgIpc) is 3.16. The molecule has 2 aromatic heterocycles. The maximum Gasteiger partial charge on any atom is 0.257 e. The summed E-state index contributed by atoms with van der Waals surface area (Å²) in [6.45, 7) is 2.13. The van der Waals surface area contributed by atoms with Crippen LogP contribution < -0.4 is 5.32 Å². The first-order valence-corrected chi connectivity index (χ1v) is 9.18. The molecule has 5 nitrogen and oxygen atoms in total. The molecule has 128 valence electrons. The number of aryl methyl sites for hydroxylation is 1. The summed E-state index contributed by atoms with van der Waals surface area (Å²) in [6.07, 6.45) is 4.25. The van der Waals surface area contributed by atoms with Crippen molar-refractivity contribution in [1.29, 1.82) is 0 Å². The number of amides is 1. The zero-order chi connectivity index (χ0) is 17.9. The van der Waals surface area contributed by atoms with Crippen LogP contribution in [0.25, 0.3) is 22.3 Å². The van der Waals surface area contributed by atoms with Crippen LogP contribution in [0.1, 0.15) is 22.8 Å². The van der Waals surface area contributed by atoms with E-state index in [1.54, 1.807) is 30.6 Å². The quantitative estimate of drug-likeness (QED) is 0.579. The molecule has 0 saturated carbocycles. The van der Waals surface area contributed by atoms with Gasteiger partial charge in [0.1, 0.15) is 0 Å². The monoisotopic (exact) mass is 360 g/mol. The molecule has 0 radical (unpaired) electrons. The summed E-state index contributed by atoms with van der Waals surface area (Å²) in [5.41, 5.74) is 5.17. The Kier molecular flexibility index (Phi) is 4.41. The topological polar surface area (TPSA) is 67.8 Å². The third kappa shape index (κ3) is 3.32. The minimum Gasteiger partial charge on any atom is -0.298 e. The predicted molar refractivity (Wildman–Crippen MR) is 104 cm³/mol. The predicted octanol–water partition coefficient (Wildman–Crippen LogP) is 4.57. The fourth-order valence-corrected chi connectivity index (χ4v) is 3.36. The van der Waals surface area contributed by atoms with Crippen LogP contribution in [0.2, 0.25) is 0 Å². The number of anilines is 1. The summed E-state index contributed by atoms with van der Waals surface area (Å²) in [5.74, 6) is -0.209. The second-order valence-corrected chi connectivity index (χ2v) is 6.66. The fraction of sp³-hybridized carbons (Fsp3) is 0.100. The van der Waals surface area contributed by atoms with Crippen molar-refractivity contribution in [3.63, 3.8) is 0 Å². The summed E-state index contributed by atoms with van der Waals surface area (Å²) >= 11 is 1.41. The van der Waals surface area contributed by atoms with E-state index in [1.165, 1.54) is 16.9 Å². The van der Waals surface area contributed by atoms with Crippen LogP contribution in [-0.4, -0.2) is 20.9 Å². The number of aromatic nitrogens is 3. The number of carbonyl (C=O) groups excluding carboxylic acids is 1. The minimum atomic E-state index is -0.209. The highest BCUT2D eigenvalue weighted by atomic mass is 32.1. The molecule has 0 atom stereocenters. The molecule has 0 bridgehead atoms. The SMILES string of the molecule is CCc1ccc(-c2csc(NC(=O)c3ccc4nccnc4c3)n2)cc1. The van der Waals surface area contributed by atoms with Crippen molar-refractivity contribution in [1.82, 2.24) is 15.0 Å². The van der Waals surface area contributed by atoms with Crippen LogP contribution >= 0.6 is 11.3 Å². The van der Waals surface area contributed by atoms with Gasteiger partial charge in [0.05, 0.1) is 16.7 Å². The molecule has 0 saturated heterocycles. The number of nitrogens with zero attached hydrogens (tertiary/aromatic N) is 3. The lowest BCUT2D eigenvalue weighted by Gasteiger charge is -2.03. The van der Waals surface area contributed by atoms with Crippen molar-refractivity contribution >= 4 is 33.4 Å². The molecule has 1 N–H and O–H groups in total. The van der Waals surface area contributed by atoms with Crippen molar-refractivity contribution in [2.45, 2.75) is 13.3 Å². The number of carbonyl (C=O) groups is 1. The standard InChI is InChI=1S/C20H16N4OS/c1-2-13-3-5-14(6-4-13)18-12-26-20(23-18)24-19(25)15-7-8-16-17(11-15)22-10-9-21-16/h3-12H,2H2,1H3,(H,23,24,25). The van der Waals surface area contributed by atoms with Crippen LogP contribution in [0.15, 0.2) is 60.2 Å². The second-order valence-electron chi connectivity index (χ2n) is 5.80. The van der Waals surface area contributed by atoms with Gasteiger partial charge in [0.15, 0.2) is 5.13 Å². The third-order valence-corrected chi connectivity index (χ3v) is 4.87. The molecule has 1 amide bonds. The first kappa shape index (κ1) is 16.4. The number of hydrogen-bond acceptors (Lipinski definition) is 5. The van der Waals surface area contributed by atoms with Gasteiger partial charge in [-0.05, 0) is 30.2 Å². The van der Waals surface area contributed by atoms with Gasteiger partial charge in [0.25, 0.3) is 5.91 Å². The number of thiazole rings is 1. The Morgan fingerprint density at radius 2 is 1.81 bits per heavy atom. The van der Waals surface area contributed by atoms with Crippen molar-refractivity contribution < 1.29 is 4.79 Å². The van der Waals surface area contributed by atoms with E-state index in [0.717, 1.165) is 23.2 Å². The van der Waals surface area contributed by atoms with Crippen molar-refractivity contribution in [3.8, 4) is 11.3 Å². The molecule has 2 heterocycles. The smallest absolute Gasteiger partial charge is 0.257 e. The molecule has 0 fully saturated rings. The van der Waals surface area contributed by atoms with Crippen LogP contribution in [-0.2, 0) is 6.42 Å². The molecule has 0 aliphatic carbocycles. The van der Waals surface area contributed by atoms with Crippen molar-refractivity contribution in [3.05, 3.63) is 71.4 Å². The number of hydrogen-bond donors (Lipinski definition) is 1. The lowest BCUT2D eigenvalue weighted by molar-refractivity contribution is 0.102. The highest BCUT2D eigenvalue weighted by Gasteiger charge is 2.11. The van der Waals surface area contributed by atoms with E-state index in [4.69, 9.17) is 0 Å². The van der Waals surface area contributed by atoms with Crippen LogP contribution in [0.5, 0.6) is 0 Å². The first-order chi connectivity index (χ1) is 12.7. The zero-order valence-corrected chi connectivity index (χ0v) is 15.0. The van der Waals surface area contributed by atoms with Gasteiger partial charge >= 0.3 is 0 Å². The van der Waals surface area contributed by atoms with Gasteiger partial charge in [-0.25, -0.2) is 4.98 Å². The number of rotatable bonds is 4. The highest BCUT2D eigenvalue weighted by molar-refractivity contribution is 7.14.